The van der Waals surface area contributed by atoms with E-state index in [1.807, 2.05) is 0 Å². The molecule has 1 aliphatic rings. The minimum Gasteiger partial charge on any atom is -0.377 e. The van der Waals surface area contributed by atoms with Gasteiger partial charge in [-0.15, -0.1) is 11.3 Å². The summed E-state index contributed by atoms with van der Waals surface area (Å²) >= 11 is 1.75. The van der Waals surface area contributed by atoms with Gasteiger partial charge in [0.25, 0.3) is 0 Å². The lowest BCUT2D eigenvalue weighted by molar-refractivity contribution is 0.0721. The maximum atomic E-state index is 5.71. The van der Waals surface area contributed by atoms with E-state index in [4.69, 9.17) is 4.74 Å². The number of aromatic nitrogens is 1. The molecule has 1 N–H and O–H groups in total. The van der Waals surface area contributed by atoms with Gasteiger partial charge in [0.15, 0.2) is 0 Å². The minimum atomic E-state index is 0.430. The molecular formula is C14H25N3OS. The van der Waals surface area contributed by atoms with Crippen molar-refractivity contribution in [2.24, 2.45) is 0 Å². The van der Waals surface area contributed by atoms with Crippen LogP contribution in [0.3, 0.4) is 0 Å². The standard InChI is InChI=1S/C14H25N3OS/c1-3-15-8-14-16-12(11-19-14)9-17(4-2)10-13-6-5-7-18-13/h11,13,15H,3-10H2,1-2H3. The zero-order valence-electron chi connectivity index (χ0n) is 12.0. The van der Waals surface area contributed by atoms with E-state index >= 15 is 0 Å². The van der Waals surface area contributed by atoms with Crippen LogP contribution in [-0.2, 0) is 17.8 Å². The fraction of sp³-hybridized carbons (Fsp3) is 0.786. The minimum absolute atomic E-state index is 0.430. The van der Waals surface area contributed by atoms with Crippen LogP contribution in [-0.4, -0.2) is 42.2 Å². The summed E-state index contributed by atoms with van der Waals surface area (Å²) in [5, 5.41) is 6.69. The molecule has 0 bridgehead atoms. The fourth-order valence-corrected chi connectivity index (χ4v) is 3.10. The summed E-state index contributed by atoms with van der Waals surface area (Å²) < 4.78 is 5.71. The SMILES string of the molecule is CCNCc1nc(CN(CC)CC2CCCO2)cs1. The van der Waals surface area contributed by atoms with Gasteiger partial charge >= 0.3 is 0 Å². The van der Waals surface area contributed by atoms with Gasteiger partial charge in [-0.1, -0.05) is 13.8 Å². The summed E-state index contributed by atoms with van der Waals surface area (Å²) in [4.78, 5) is 7.12. The number of nitrogens with one attached hydrogen (secondary N) is 1. The Hall–Kier alpha value is -0.490. The van der Waals surface area contributed by atoms with E-state index in [1.54, 1.807) is 11.3 Å². The van der Waals surface area contributed by atoms with Crippen LogP contribution in [0.2, 0.25) is 0 Å². The van der Waals surface area contributed by atoms with Crippen LogP contribution in [0.15, 0.2) is 5.38 Å². The third-order valence-electron chi connectivity index (χ3n) is 3.44. The van der Waals surface area contributed by atoms with E-state index in [-0.39, 0.29) is 0 Å². The first-order valence-electron chi connectivity index (χ1n) is 7.29. The zero-order chi connectivity index (χ0) is 13.5. The fourth-order valence-electron chi connectivity index (χ4n) is 2.35. The van der Waals surface area contributed by atoms with E-state index in [0.29, 0.717) is 6.10 Å². The molecule has 1 atom stereocenters. The van der Waals surface area contributed by atoms with Crippen LogP contribution in [0.4, 0.5) is 0 Å². The molecule has 1 aromatic rings. The molecule has 5 heteroatoms. The maximum Gasteiger partial charge on any atom is 0.107 e. The third kappa shape index (κ3) is 4.84. The average Bonchev–Trinajstić information content (AvgIpc) is 3.07. The number of nitrogens with zero attached hydrogens (tertiary/aromatic N) is 2. The number of thiazole rings is 1. The Morgan fingerprint density at radius 3 is 3.11 bits per heavy atom. The molecule has 1 unspecified atom stereocenters. The Balaban J connectivity index is 1.81. The molecule has 1 aliphatic heterocycles. The topological polar surface area (TPSA) is 37.4 Å². The van der Waals surface area contributed by atoms with Crippen molar-refractivity contribution in [3.63, 3.8) is 0 Å². The van der Waals surface area contributed by atoms with Crippen LogP contribution in [0.5, 0.6) is 0 Å². The zero-order valence-corrected chi connectivity index (χ0v) is 12.8. The molecule has 0 aliphatic carbocycles. The van der Waals surface area contributed by atoms with Crippen molar-refractivity contribution in [1.82, 2.24) is 15.2 Å². The average molecular weight is 283 g/mol. The van der Waals surface area contributed by atoms with Gasteiger partial charge in [0.1, 0.15) is 5.01 Å². The largest absolute Gasteiger partial charge is 0.377 e. The van der Waals surface area contributed by atoms with Crippen molar-refractivity contribution in [1.29, 1.82) is 0 Å². The summed E-state index contributed by atoms with van der Waals surface area (Å²) in [6, 6.07) is 0. The van der Waals surface area contributed by atoms with E-state index < -0.39 is 0 Å². The van der Waals surface area contributed by atoms with Crippen molar-refractivity contribution >= 4 is 11.3 Å². The number of likely N-dealkylation sites (N-methyl/N-ethyl adjacent to an activating group) is 1. The van der Waals surface area contributed by atoms with E-state index in [2.05, 4.69) is 34.4 Å². The number of rotatable bonds is 8. The normalized spacial score (nSPS) is 19.4. The molecule has 108 valence electrons. The van der Waals surface area contributed by atoms with Crippen LogP contribution < -0.4 is 5.32 Å². The Labute approximate surface area is 120 Å². The molecule has 1 fully saturated rings. The van der Waals surface area contributed by atoms with Gasteiger partial charge < -0.3 is 10.1 Å². The molecular weight excluding hydrogens is 258 g/mol. The summed E-state index contributed by atoms with van der Waals surface area (Å²) in [5.41, 5.74) is 1.19. The second-order valence-corrected chi connectivity index (χ2v) is 5.92. The van der Waals surface area contributed by atoms with Crippen LogP contribution in [0.1, 0.15) is 37.4 Å². The molecule has 0 aromatic carbocycles. The third-order valence-corrected chi connectivity index (χ3v) is 4.34. The molecule has 0 amide bonds. The summed E-state index contributed by atoms with van der Waals surface area (Å²) in [5.74, 6) is 0. The van der Waals surface area contributed by atoms with Crippen molar-refractivity contribution in [2.45, 2.75) is 45.9 Å². The van der Waals surface area contributed by atoms with Crippen molar-refractivity contribution in [3.05, 3.63) is 16.1 Å². The molecule has 0 spiro atoms. The number of ether oxygens (including phenoxy) is 1. The highest BCUT2D eigenvalue weighted by Crippen LogP contribution is 2.16. The van der Waals surface area contributed by atoms with Crippen LogP contribution in [0.25, 0.3) is 0 Å². The highest BCUT2D eigenvalue weighted by atomic mass is 32.1. The summed E-state index contributed by atoms with van der Waals surface area (Å²) in [7, 11) is 0. The summed E-state index contributed by atoms with van der Waals surface area (Å²) in [6.07, 6.45) is 2.85. The quantitative estimate of drug-likeness (QED) is 0.794. The smallest absolute Gasteiger partial charge is 0.107 e. The van der Waals surface area contributed by atoms with Gasteiger partial charge in [0.2, 0.25) is 0 Å². The summed E-state index contributed by atoms with van der Waals surface area (Å²) in [6.45, 7) is 10.2. The maximum absolute atomic E-state index is 5.71. The second kappa shape index (κ2) is 7.94. The highest BCUT2D eigenvalue weighted by molar-refractivity contribution is 7.09. The Morgan fingerprint density at radius 1 is 1.53 bits per heavy atom. The van der Waals surface area contributed by atoms with Gasteiger partial charge in [0, 0.05) is 31.6 Å². The van der Waals surface area contributed by atoms with Gasteiger partial charge in [-0.25, -0.2) is 4.98 Å². The van der Waals surface area contributed by atoms with Crippen molar-refractivity contribution in [3.8, 4) is 0 Å². The second-order valence-electron chi connectivity index (χ2n) is 4.98. The monoisotopic (exact) mass is 283 g/mol. The molecule has 19 heavy (non-hydrogen) atoms. The highest BCUT2D eigenvalue weighted by Gasteiger charge is 2.19. The van der Waals surface area contributed by atoms with Gasteiger partial charge in [0.05, 0.1) is 11.8 Å². The number of hydrogen-bond acceptors (Lipinski definition) is 5. The first-order chi connectivity index (χ1) is 9.31. The predicted octanol–water partition coefficient (Wildman–Crippen LogP) is 2.25. The van der Waals surface area contributed by atoms with Crippen molar-refractivity contribution < 1.29 is 4.74 Å². The lowest BCUT2D eigenvalue weighted by Gasteiger charge is -2.22. The van der Waals surface area contributed by atoms with Crippen LogP contribution in [0, 0.1) is 0 Å². The lowest BCUT2D eigenvalue weighted by Crippen LogP contribution is -2.31. The van der Waals surface area contributed by atoms with Gasteiger partial charge in [-0.05, 0) is 25.9 Å². The van der Waals surface area contributed by atoms with E-state index in [0.717, 1.165) is 39.3 Å². The molecule has 0 radical (unpaired) electrons. The van der Waals surface area contributed by atoms with Crippen molar-refractivity contribution in [2.75, 3.05) is 26.2 Å². The van der Waals surface area contributed by atoms with E-state index in [9.17, 15) is 0 Å². The Kier molecular flexibility index (Phi) is 6.23. The van der Waals surface area contributed by atoms with Gasteiger partial charge in [-0.3, -0.25) is 4.90 Å². The van der Waals surface area contributed by atoms with Gasteiger partial charge in [-0.2, -0.15) is 0 Å². The lowest BCUT2D eigenvalue weighted by atomic mass is 10.2. The first kappa shape index (κ1) is 14.9. The Morgan fingerprint density at radius 2 is 2.42 bits per heavy atom. The molecule has 4 nitrogen and oxygen atoms in total. The number of hydrogen-bond donors (Lipinski definition) is 1. The molecule has 0 saturated carbocycles. The van der Waals surface area contributed by atoms with E-state index in [1.165, 1.54) is 23.5 Å². The molecule has 1 aromatic heterocycles. The molecule has 1 saturated heterocycles. The molecule has 2 rings (SSSR count). The first-order valence-corrected chi connectivity index (χ1v) is 8.17. The Bertz CT molecular complexity index is 363. The molecule has 2 heterocycles. The van der Waals surface area contributed by atoms with Crippen LogP contribution >= 0.6 is 11.3 Å². The predicted molar refractivity (Wildman–Crippen MR) is 79.4 cm³/mol.